The molecule has 138 valence electrons. The third-order valence-electron chi connectivity index (χ3n) is 5.40. The molecule has 0 aromatic heterocycles. The molecule has 2 atom stereocenters. The molecule has 3 rings (SSSR count). The average Bonchev–Trinajstić information content (AvgIpc) is 3.02. The van der Waals surface area contributed by atoms with Crippen LogP contribution in [0.25, 0.3) is 0 Å². The molecule has 1 aliphatic heterocycles. The first-order valence-electron chi connectivity index (χ1n) is 9.42. The average molecular weight is 346 g/mol. The number of rotatable bonds is 5. The zero-order valence-corrected chi connectivity index (χ0v) is 15.3. The highest BCUT2D eigenvalue weighted by molar-refractivity contribution is 5.74. The molecule has 0 radical (unpaired) electrons. The smallest absolute Gasteiger partial charge is 0.315 e. The van der Waals surface area contributed by atoms with Crippen molar-refractivity contribution in [3.8, 4) is 5.75 Å². The van der Waals surface area contributed by atoms with Crippen LogP contribution in [0.5, 0.6) is 5.75 Å². The van der Waals surface area contributed by atoms with Crippen LogP contribution in [0.3, 0.4) is 0 Å². The van der Waals surface area contributed by atoms with Crippen LogP contribution in [0.4, 0.5) is 4.79 Å². The topological polar surface area (TPSA) is 59.6 Å². The summed E-state index contributed by atoms with van der Waals surface area (Å²) >= 11 is 0. The molecule has 1 aliphatic carbocycles. The van der Waals surface area contributed by atoms with E-state index in [1.807, 2.05) is 25.1 Å². The lowest BCUT2D eigenvalue weighted by Gasteiger charge is -2.38. The summed E-state index contributed by atoms with van der Waals surface area (Å²) in [6.45, 7) is 2.78. The summed E-state index contributed by atoms with van der Waals surface area (Å²) in [6, 6.07) is 8.18. The highest BCUT2D eigenvalue weighted by Crippen LogP contribution is 2.39. The minimum absolute atomic E-state index is 0.0302. The number of hydrogen-bond donors (Lipinski definition) is 2. The number of carbonyl (C=O) groups is 1. The molecule has 5 heteroatoms. The first kappa shape index (κ1) is 18.1. The molecule has 1 saturated heterocycles. The van der Waals surface area contributed by atoms with Gasteiger partial charge >= 0.3 is 6.03 Å². The number of urea groups is 1. The molecule has 2 aliphatic rings. The van der Waals surface area contributed by atoms with Crippen molar-refractivity contribution in [2.75, 3.05) is 13.7 Å². The number of nitrogens with one attached hydrogen (secondary N) is 2. The monoisotopic (exact) mass is 346 g/mol. The zero-order chi connectivity index (χ0) is 17.7. The van der Waals surface area contributed by atoms with Crippen molar-refractivity contribution in [1.82, 2.24) is 10.6 Å². The first-order valence-corrected chi connectivity index (χ1v) is 9.42. The highest BCUT2D eigenvalue weighted by Gasteiger charge is 2.40. The zero-order valence-electron chi connectivity index (χ0n) is 15.3. The molecule has 25 heavy (non-hydrogen) atoms. The Hall–Kier alpha value is -1.75. The molecule has 1 aromatic rings. The van der Waals surface area contributed by atoms with Crippen LogP contribution in [-0.2, 0) is 11.2 Å². The van der Waals surface area contributed by atoms with Crippen molar-refractivity contribution in [3.05, 3.63) is 29.8 Å². The molecular formula is C20H30N2O3. The molecule has 1 saturated carbocycles. The van der Waals surface area contributed by atoms with E-state index in [9.17, 15) is 4.79 Å². The van der Waals surface area contributed by atoms with Crippen molar-refractivity contribution in [2.45, 2.75) is 69.6 Å². The van der Waals surface area contributed by atoms with Crippen LogP contribution in [0.1, 0.15) is 51.0 Å². The summed E-state index contributed by atoms with van der Waals surface area (Å²) in [5.74, 6) is 0.846. The lowest BCUT2D eigenvalue weighted by Crippen LogP contribution is -2.51. The maximum Gasteiger partial charge on any atom is 0.315 e. The fourth-order valence-electron chi connectivity index (χ4n) is 4.17. The lowest BCUT2D eigenvalue weighted by atomic mass is 9.89. The van der Waals surface area contributed by atoms with E-state index in [4.69, 9.17) is 9.47 Å². The molecular weight excluding hydrogens is 316 g/mol. The van der Waals surface area contributed by atoms with Crippen molar-refractivity contribution >= 4 is 6.03 Å². The quantitative estimate of drug-likeness (QED) is 0.859. The van der Waals surface area contributed by atoms with Gasteiger partial charge in [0.15, 0.2) is 0 Å². The van der Waals surface area contributed by atoms with Crippen LogP contribution in [0.2, 0.25) is 0 Å². The van der Waals surface area contributed by atoms with Gasteiger partial charge in [-0.15, -0.1) is 0 Å². The van der Waals surface area contributed by atoms with E-state index in [-0.39, 0.29) is 23.7 Å². The lowest BCUT2D eigenvalue weighted by molar-refractivity contribution is -0.0820. The van der Waals surface area contributed by atoms with Crippen molar-refractivity contribution in [1.29, 1.82) is 0 Å². The summed E-state index contributed by atoms with van der Waals surface area (Å²) in [5.41, 5.74) is 1.19. The van der Waals surface area contributed by atoms with E-state index >= 15 is 0 Å². The van der Waals surface area contributed by atoms with E-state index in [1.165, 1.54) is 12.8 Å². The van der Waals surface area contributed by atoms with Crippen LogP contribution in [0.15, 0.2) is 24.3 Å². The highest BCUT2D eigenvalue weighted by atomic mass is 16.5. The number of hydrogen-bond acceptors (Lipinski definition) is 3. The molecule has 0 unspecified atom stereocenters. The normalized spacial score (nSPS) is 23.2. The third kappa shape index (κ3) is 4.88. The number of carbonyl (C=O) groups excluding carboxylic acids is 1. The van der Waals surface area contributed by atoms with Gasteiger partial charge in [0.25, 0.3) is 0 Å². The molecule has 2 N–H and O–H groups in total. The summed E-state index contributed by atoms with van der Waals surface area (Å²) in [6.07, 6.45) is 7.40. The predicted octanol–water partition coefficient (Wildman–Crippen LogP) is 3.42. The Morgan fingerprint density at radius 1 is 1.40 bits per heavy atom. The van der Waals surface area contributed by atoms with Gasteiger partial charge in [-0.2, -0.15) is 0 Å². The van der Waals surface area contributed by atoms with Crippen LogP contribution in [0, 0.1) is 0 Å². The Kier molecular flexibility index (Phi) is 5.84. The Balaban J connectivity index is 1.46. The van der Waals surface area contributed by atoms with Gasteiger partial charge in [-0.3, -0.25) is 0 Å². The molecule has 5 nitrogen and oxygen atoms in total. The van der Waals surface area contributed by atoms with Crippen LogP contribution in [-0.4, -0.2) is 37.4 Å². The molecule has 1 heterocycles. The van der Waals surface area contributed by atoms with Gasteiger partial charge in [-0.1, -0.05) is 25.0 Å². The van der Waals surface area contributed by atoms with Crippen molar-refractivity contribution in [2.24, 2.45) is 0 Å². The largest absolute Gasteiger partial charge is 0.497 e. The second-order valence-corrected chi connectivity index (χ2v) is 7.50. The van der Waals surface area contributed by atoms with E-state index in [0.717, 1.165) is 50.0 Å². The van der Waals surface area contributed by atoms with Gasteiger partial charge in [-0.25, -0.2) is 4.79 Å². The summed E-state index contributed by atoms with van der Waals surface area (Å²) < 4.78 is 11.3. The van der Waals surface area contributed by atoms with Gasteiger partial charge in [0.1, 0.15) is 5.75 Å². The van der Waals surface area contributed by atoms with Gasteiger partial charge in [-0.05, 0) is 56.7 Å². The molecule has 0 bridgehead atoms. The maximum atomic E-state index is 12.4. The second kappa shape index (κ2) is 8.09. The van der Waals surface area contributed by atoms with Gasteiger partial charge in [0.2, 0.25) is 0 Å². The van der Waals surface area contributed by atoms with Gasteiger partial charge in [0, 0.05) is 18.7 Å². The Morgan fingerprint density at radius 3 is 2.96 bits per heavy atom. The van der Waals surface area contributed by atoms with E-state index in [1.54, 1.807) is 7.11 Å². The minimum Gasteiger partial charge on any atom is -0.497 e. The second-order valence-electron chi connectivity index (χ2n) is 7.50. The van der Waals surface area contributed by atoms with Crippen molar-refractivity contribution < 1.29 is 14.3 Å². The molecule has 1 spiro atoms. The summed E-state index contributed by atoms with van der Waals surface area (Å²) in [4.78, 5) is 12.4. The molecule has 2 amide bonds. The number of methoxy groups -OCH3 is 1. The Morgan fingerprint density at radius 2 is 2.20 bits per heavy atom. The predicted molar refractivity (Wildman–Crippen MR) is 98.0 cm³/mol. The van der Waals surface area contributed by atoms with E-state index in [0.29, 0.717) is 0 Å². The van der Waals surface area contributed by atoms with Gasteiger partial charge in [0.05, 0.1) is 12.7 Å². The number of benzene rings is 1. The maximum absolute atomic E-state index is 12.4. The third-order valence-corrected chi connectivity index (χ3v) is 5.40. The molecule has 2 fully saturated rings. The summed E-state index contributed by atoms with van der Waals surface area (Å²) in [7, 11) is 1.67. The first-order chi connectivity index (χ1) is 12.1. The number of ether oxygens (including phenoxy) is 2. The molecule has 1 aromatic carbocycles. The van der Waals surface area contributed by atoms with Crippen molar-refractivity contribution in [3.63, 3.8) is 0 Å². The van der Waals surface area contributed by atoms with Gasteiger partial charge < -0.3 is 20.1 Å². The minimum atomic E-state index is -0.0737. The SMILES string of the molecule is COc1cccc(C[C@@H](C)NC(=O)N[C@@H]2CCOC3(CCCC3)C2)c1. The Labute approximate surface area is 150 Å². The number of amides is 2. The Bertz CT molecular complexity index is 584. The van der Waals surface area contributed by atoms with E-state index < -0.39 is 0 Å². The fraction of sp³-hybridized carbons (Fsp3) is 0.650. The standard InChI is InChI=1S/C20H30N2O3/c1-15(12-16-6-5-7-18(13-16)24-2)21-19(23)22-17-8-11-25-20(14-17)9-3-4-10-20/h5-7,13,15,17H,3-4,8-12,14H2,1-2H3,(H2,21,22,23)/t15-,17-/m1/s1. The van der Waals surface area contributed by atoms with E-state index in [2.05, 4.69) is 16.7 Å². The van der Waals surface area contributed by atoms with Crippen LogP contribution >= 0.6 is 0 Å². The fourth-order valence-corrected chi connectivity index (χ4v) is 4.17. The van der Waals surface area contributed by atoms with Crippen LogP contribution < -0.4 is 15.4 Å². The summed E-state index contributed by atoms with van der Waals surface area (Å²) in [5, 5.41) is 6.22.